The highest BCUT2D eigenvalue weighted by Gasteiger charge is 2.34. The number of benzene rings is 1. The van der Waals surface area contributed by atoms with Crippen LogP contribution in [0.5, 0.6) is 0 Å². The summed E-state index contributed by atoms with van der Waals surface area (Å²) in [6, 6.07) is 5.69. The summed E-state index contributed by atoms with van der Waals surface area (Å²) in [5.41, 5.74) is 1.15. The molecular formula is C20H33FN3O2S2+. The van der Waals surface area contributed by atoms with E-state index in [1.165, 1.54) is 11.0 Å². The van der Waals surface area contributed by atoms with Crippen molar-refractivity contribution in [3.05, 3.63) is 29.6 Å². The topological polar surface area (TPSA) is 53.9 Å². The maximum absolute atomic E-state index is 13.9. The molecule has 1 heterocycles. The van der Waals surface area contributed by atoms with Crippen LogP contribution in [0.4, 0.5) is 10.1 Å². The quantitative estimate of drug-likeness (QED) is 0.649. The van der Waals surface area contributed by atoms with Crippen LogP contribution in [0, 0.1) is 12.7 Å². The van der Waals surface area contributed by atoms with Gasteiger partial charge in [0.25, 0.3) is 0 Å². The molecule has 158 valence electrons. The van der Waals surface area contributed by atoms with Crippen LogP contribution < -0.4 is 10.2 Å². The van der Waals surface area contributed by atoms with Crippen LogP contribution in [-0.2, 0) is 9.84 Å². The number of hydrogen-bond acceptors (Lipinski definition) is 3. The molecule has 1 fully saturated rings. The zero-order chi connectivity index (χ0) is 21.1. The van der Waals surface area contributed by atoms with Gasteiger partial charge in [0, 0.05) is 11.7 Å². The largest absolute Gasteiger partial charge is 0.339 e. The second-order valence-electron chi connectivity index (χ2n) is 8.28. The van der Waals surface area contributed by atoms with E-state index in [4.69, 9.17) is 12.2 Å². The SMILES string of the molecule is Cc1ccc(NC(=S)N(CC[NH+](C(C)C)C(C)C)[C@@H]2CCS(=O)(=O)C2)cc1F. The number of quaternary nitrogens is 1. The third-order valence-electron chi connectivity index (χ3n) is 5.46. The number of rotatable bonds is 7. The molecule has 1 saturated heterocycles. The van der Waals surface area contributed by atoms with E-state index in [-0.39, 0.29) is 23.4 Å². The maximum atomic E-state index is 13.9. The van der Waals surface area contributed by atoms with Gasteiger partial charge in [0.15, 0.2) is 14.9 Å². The number of hydrogen-bond donors (Lipinski definition) is 2. The monoisotopic (exact) mass is 430 g/mol. The predicted octanol–water partition coefficient (Wildman–Crippen LogP) is 2.02. The molecule has 1 aliphatic rings. The first-order valence-electron chi connectivity index (χ1n) is 9.90. The highest BCUT2D eigenvalue weighted by atomic mass is 32.2. The van der Waals surface area contributed by atoms with Crippen molar-refractivity contribution in [2.24, 2.45) is 0 Å². The van der Waals surface area contributed by atoms with Crippen LogP contribution in [-0.4, -0.2) is 61.2 Å². The fourth-order valence-corrected chi connectivity index (χ4v) is 5.92. The molecule has 0 unspecified atom stereocenters. The molecule has 0 radical (unpaired) electrons. The third-order valence-corrected chi connectivity index (χ3v) is 7.54. The van der Waals surface area contributed by atoms with Crippen LogP contribution in [0.3, 0.4) is 0 Å². The summed E-state index contributed by atoms with van der Waals surface area (Å²) in [5, 5.41) is 3.57. The van der Waals surface area contributed by atoms with Crippen LogP contribution in [0.1, 0.15) is 39.7 Å². The minimum atomic E-state index is -3.03. The van der Waals surface area contributed by atoms with Gasteiger partial charge < -0.3 is 15.1 Å². The summed E-state index contributed by atoms with van der Waals surface area (Å²) >= 11 is 5.62. The summed E-state index contributed by atoms with van der Waals surface area (Å²) in [4.78, 5) is 3.43. The number of thiocarbonyl (C=S) groups is 1. The fraction of sp³-hybridized carbons (Fsp3) is 0.650. The molecule has 1 atom stereocenters. The van der Waals surface area contributed by atoms with Gasteiger partial charge in [-0.1, -0.05) is 6.07 Å². The lowest BCUT2D eigenvalue weighted by molar-refractivity contribution is -0.941. The first-order valence-corrected chi connectivity index (χ1v) is 12.1. The number of halogens is 1. The molecule has 1 aliphatic heterocycles. The molecule has 0 bridgehead atoms. The molecule has 8 heteroatoms. The van der Waals surface area contributed by atoms with Gasteiger partial charge in [0.1, 0.15) is 5.82 Å². The Bertz CT molecular complexity index is 789. The van der Waals surface area contributed by atoms with Gasteiger partial charge in [0.05, 0.1) is 36.7 Å². The van der Waals surface area contributed by atoms with E-state index in [9.17, 15) is 12.8 Å². The van der Waals surface area contributed by atoms with E-state index in [2.05, 4.69) is 33.0 Å². The van der Waals surface area contributed by atoms with Crippen molar-refractivity contribution < 1.29 is 17.7 Å². The van der Waals surface area contributed by atoms with Crippen molar-refractivity contribution in [3.63, 3.8) is 0 Å². The first-order chi connectivity index (χ1) is 13.0. The Labute approximate surface area is 174 Å². The fourth-order valence-electron chi connectivity index (χ4n) is 3.83. The van der Waals surface area contributed by atoms with Gasteiger partial charge in [-0.05, 0) is 71.0 Å². The number of aryl methyl sites for hydroxylation is 1. The number of nitrogens with one attached hydrogen (secondary N) is 2. The Hall–Kier alpha value is -1.25. The summed E-state index contributed by atoms with van der Waals surface area (Å²) in [6.45, 7) is 12.0. The minimum absolute atomic E-state index is 0.121. The Morgan fingerprint density at radius 2 is 1.96 bits per heavy atom. The van der Waals surface area contributed by atoms with Gasteiger partial charge in [-0.3, -0.25) is 0 Å². The van der Waals surface area contributed by atoms with Crippen molar-refractivity contribution in [1.82, 2.24) is 4.90 Å². The second kappa shape index (κ2) is 9.50. The minimum Gasteiger partial charge on any atom is -0.339 e. The van der Waals surface area contributed by atoms with E-state index < -0.39 is 9.84 Å². The van der Waals surface area contributed by atoms with Crippen LogP contribution in [0.25, 0.3) is 0 Å². The summed E-state index contributed by atoms with van der Waals surface area (Å²) in [6.07, 6.45) is 0.575. The summed E-state index contributed by atoms with van der Waals surface area (Å²) < 4.78 is 37.9. The van der Waals surface area contributed by atoms with E-state index >= 15 is 0 Å². The van der Waals surface area contributed by atoms with Crippen molar-refractivity contribution in [2.75, 3.05) is 29.9 Å². The summed E-state index contributed by atoms with van der Waals surface area (Å²) in [5.74, 6) is 0.0226. The van der Waals surface area contributed by atoms with Crippen molar-refractivity contribution in [1.29, 1.82) is 0 Å². The van der Waals surface area contributed by atoms with Crippen molar-refractivity contribution in [3.8, 4) is 0 Å². The zero-order valence-electron chi connectivity index (χ0n) is 17.5. The first kappa shape index (κ1) is 23.0. The lowest BCUT2D eigenvalue weighted by Gasteiger charge is -2.34. The summed E-state index contributed by atoms with van der Waals surface area (Å²) in [7, 11) is -3.03. The van der Waals surface area contributed by atoms with Crippen LogP contribution in [0.15, 0.2) is 18.2 Å². The molecule has 0 amide bonds. The molecule has 0 aliphatic carbocycles. The molecule has 5 nitrogen and oxygen atoms in total. The van der Waals surface area contributed by atoms with Gasteiger partial charge in [-0.25, -0.2) is 12.8 Å². The van der Waals surface area contributed by atoms with Gasteiger partial charge in [0.2, 0.25) is 0 Å². The van der Waals surface area contributed by atoms with Crippen molar-refractivity contribution in [2.45, 2.75) is 59.2 Å². The Balaban J connectivity index is 2.17. The van der Waals surface area contributed by atoms with E-state index in [0.717, 1.165) is 6.54 Å². The van der Waals surface area contributed by atoms with E-state index in [0.29, 0.717) is 41.4 Å². The molecule has 1 aromatic carbocycles. The van der Waals surface area contributed by atoms with Crippen LogP contribution in [0.2, 0.25) is 0 Å². The Kier molecular flexibility index (Phi) is 7.81. The van der Waals surface area contributed by atoms with Crippen molar-refractivity contribution >= 4 is 32.9 Å². The van der Waals surface area contributed by atoms with E-state index in [1.807, 2.05) is 4.90 Å². The normalized spacial score (nSPS) is 18.8. The smallest absolute Gasteiger partial charge is 0.173 e. The highest BCUT2D eigenvalue weighted by molar-refractivity contribution is 7.91. The molecule has 0 spiro atoms. The average molecular weight is 431 g/mol. The molecule has 28 heavy (non-hydrogen) atoms. The molecule has 0 saturated carbocycles. The standard InChI is InChI=1S/C20H32FN3O2S2/c1-14(2)23(15(3)4)9-10-24(18-8-11-28(25,26)13-18)20(27)22-17-7-6-16(5)19(21)12-17/h6-7,12,14-15,18H,8-11,13H2,1-5H3,(H,22,27)/p+1/t18-/m1/s1. The second-order valence-corrected chi connectivity index (χ2v) is 10.9. The Morgan fingerprint density at radius 1 is 1.32 bits per heavy atom. The van der Waals surface area contributed by atoms with E-state index in [1.54, 1.807) is 19.1 Å². The third kappa shape index (κ3) is 6.12. The van der Waals surface area contributed by atoms with Crippen LogP contribution >= 0.6 is 12.2 Å². The molecule has 0 aromatic heterocycles. The number of anilines is 1. The number of sulfone groups is 1. The molecule has 2 N–H and O–H groups in total. The van der Waals surface area contributed by atoms with Gasteiger partial charge in [-0.15, -0.1) is 0 Å². The lowest BCUT2D eigenvalue weighted by atomic mass is 10.2. The molecular weight excluding hydrogens is 397 g/mol. The van der Waals surface area contributed by atoms with Gasteiger partial charge >= 0.3 is 0 Å². The highest BCUT2D eigenvalue weighted by Crippen LogP contribution is 2.20. The molecule has 2 rings (SSSR count). The average Bonchev–Trinajstić information content (AvgIpc) is 2.93. The number of nitrogens with zero attached hydrogens (tertiary/aromatic N) is 1. The maximum Gasteiger partial charge on any atom is 0.173 e. The zero-order valence-corrected chi connectivity index (χ0v) is 19.1. The predicted molar refractivity (Wildman–Crippen MR) is 117 cm³/mol. The Morgan fingerprint density at radius 3 is 2.46 bits per heavy atom. The molecule has 1 aromatic rings. The van der Waals surface area contributed by atoms with Gasteiger partial charge in [-0.2, -0.15) is 0 Å². The lowest BCUT2D eigenvalue weighted by Crippen LogP contribution is -3.18.